The maximum Gasteiger partial charge on any atom is 0.288 e. The summed E-state index contributed by atoms with van der Waals surface area (Å²) in [6, 6.07) is 14.5. The average Bonchev–Trinajstić information content (AvgIpc) is 2.70. The number of hydrogen-bond donors (Lipinski definition) is 1. The van der Waals surface area contributed by atoms with Gasteiger partial charge < -0.3 is 15.0 Å². The number of thioether (sulfide) groups is 1. The van der Waals surface area contributed by atoms with Crippen LogP contribution in [0.25, 0.3) is 0 Å². The zero-order chi connectivity index (χ0) is 20.6. The molecular weight excluding hydrogens is 396 g/mol. The fourth-order valence-electron chi connectivity index (χ4n) is 3.27. The minimum Gasteiger partial charge on any atom is -0.492 e. The predicted molar refractivity (Wildman–Crippen MR) is 113 cm³/mol. The van der Waals surface area contributed by atoms with E-state index in [0.717, 1.165) is 37.6 Å². The predicted octanol–water partition coefficient (Wildman–Crippen LogP) is 4.16. The second-order valence-electron chi connectivity index (χ2n) is 6.61. The van der Waals surface area contributed by atoms with Gasteiger partial charge in [-0.3, -0.25) is 9.69 Å². The summed E-state index contributed by atoms with van der Waals surface area (Å²) < 4.78 is 30.4. The van der Waals surface area contributed by atoms with Crippen LogP contribution in [0.1, 0.15) is 6.92 Å². The molecule has 5 nitrogen and oxygen atoms in total. The highest BCUT2D eigenvalue weighted by atomic mass is 32.2. The molecule has 0 atom stereocenters. The summed E-state index contributed by atoms with van der Waals surface area (Å²) in [5.41, 5.74) is 1.69. The number of piperazine rings is 1. The first-order valence-corrected chi connectivity index (χ1v) is 10.5. The molecular formula is C21H25F2N3O2S. The first-order chi connectivity index (χ1) is 14.0. The molecule has 2 aromatic carbocycles. The Kier molecular flexibility index (Phi) is 7.71. The molecule has 0 radical (unpaired) electrons. The molecule has 0 unspecified atom stereocenters. The third-order valence-corrected chi connectivity index (χ3v) is 5.33. The zero-order valence-electron chi connectivity index (χ0n) is 16.3. The number of ether oxygens (including phenoxy) is 1. The molecule has 8 heteroatoms. The first-order valence-electron chi connectivity index (χ1n) is 9.59. The lowest BCUT2D eigenvalue weighted by molar-refractivity contribution is -0.117. The van der Waals surface area contributed by atoms with E-state index in [1.165, 1.54) is 0 Å². The molecule has 0 aromatic heterocycles. The fraction of sp³-hybridized carbons (Fsp3) is 0.381. The third-order valence-electron chi connectivity index (χ3n) is 4.61. The molecule has 2 aromatic rings. The minimum absolute atomic E-state index is 0.109. The van der Waals surface area contributed by atoms with Crippen molar-refractivity contribution in [1.82, 2.24) is 4.90 Å². The maximum absolute atomic E-state index is 12.4. The molecule has 1 aliphatic heterocycles. The van der Waals surface area contributed by atoms with Crippen molar-refractivity contribution in [2.45, 2.75) is 17.6 Å². The Hall–Kier alpha value is -2.32. The summed E-state index contributed by atoms with van der Waals surface area (Å²) in [4.78, 5) is 17.2. The van der Waals surface area contributed by atoms with Gasteiger partial charge in [0.1, 0.15) is 5.75 Å². The van der Waals surface area contributed by atoms with E-state index in [4.69, 9.17) is 4.74 Å². The van der Waals surface area contributed by atoms with Crippen molar-refractivity contribution < 1.29 is 18.3 Å². The largest absolute Gasteiger partial charge is 0.492 e. The van der Waals surface area contributed by atoms with E-state index in [0.29, 0.717) is 35.5 Å². The lowest BCUT2D eigenvalue weighted by Gasteiger charge is -2.36. The number of alkyl halides is 2. The SMILES string of the molecule is CCOc1ccccc1N1CCN(CC(=O)Nc2ccc(SC(F)F)cc2)CC1. The lowest BCUT2D eigenvalue weighted by atomic mass is 10.2. The van der Waals surface area contributed by atoms with Gasteiger partial charge >= 0.3 is 0 Å². The Labute approximate surface area is 174 Å². The highest BCUT2D eigenvalue weighted by Crippen LogP contribution is 2.29. The van der Waals surface area contributed by atoms with Crippen LogP contribution in [0.15, 0.2) is 53.4 Å². The number of carbonyl (C=O) groups is 1. The number of carbonyl (C=O) groups excluding carboxylic acids is 1. The molecule has 0 aliphatic carbocycles. The summed E-state index contributed by atoms with van der Waals surface area (Å²) in [5, 5.41) is 2.83. The van der Waals surface area contributed by atoms with E-state index in [1.54, 1.807) is 24.3 Å². The highest BCUT2D eigenvalue weighted by Gasteiger charge is 2.21. The number of para-hydroxylation sites is 2. The number of nitrogens with zero attached hydrogens (tertiary/aromatic N) is 2. The van der Waals surface area contributed by atoms with Gasteiger partial charge in [-0.1, -0.05) is 23.9 Å². The van der Waals surface area contributed by atoms with E-state index in [1.807, 2.05) is 25.1 Å². The van der Waals surface area contributed by atoms with Crippen LogP contribution in [0.3, 0.4) is 0 Å². The Morgan fingerprint density at radius 1 is 1.10 bits per heavy atom. The van der Waals surface area contributed by atoms with Crippen LogP contribution in [0, 0.1) is 0 Å². The second-order valence-corrected chi connectivity index (χ2v) is 7.68. The number of benzene rings is 2. The number of anilines is 2. The van der Waals surface area contributed by atoms with Crippen LogP contribution < -0.4 is 15.0 Å². The van der Waals surface area contributed by atoms with E-state index < -0.39 is 5.76 Å². The van der Waals surface area contributed by atoms with Crippen molar-refractivity contribution in [2.75, 3.05) is 49.5 Å². The van der Waals surface area contributed by atoms with Crippen LogP contribution in [0.5, 0.6) is 5.75 Å². The zero-order valence-corrected chi connectivity index (χ0v) is 17.1. The van der Waals surface area contributed by atoms with Crippen molar-refractivity contribution >= 4 is 29.0 Å². The van der Waals surface area contributed by atoms with Crippen LogP contribution in [-0.2, 0) is 4.79 Å². The molecule has 1 amide bonds. The average molecular weight is 422 g/mol. The Balaban J connectivity index is 1.47. The Morgan fingerprint density at radius 2 is 1.79 bits per heavy atom. The summed E-state index contributed by atoms with van der Waals surface area (Å²) in [6.07, 6.45) is 0. The standard InChI is InChI=1S/C21H25F2N3O2S/c1-2-28-19-6-4-3-5-18(19)26-13-11-25(12-14-26)15-20(27)24-16-7-9-17(10-8-16)29-21(22)23/h3-10,21H,2,11-15H2,1H3,(H,24,27). The second kappa shape index (κ2) is 10.5. The Morgan fingerprint density at radius 3 is 2.45 bits per heavy atom. The normalized spacial score (nSPS) is 14.8. The van der Waals surface area contributed by atoms with Gasteiger partial charge in [-0.2, -0.15) is 8.78 Å². The van der Waals surface area contributed by atoms with Crippen LogP contribution in [0.4, 0.5) is 20.2 Å². The summed E-state index contributed by atoms with van der Waals surface area (Å²) in [7, 11) is 0. The quantitative estimate of drug-likeness (QED) is 0.649. The van der Waals surface area contributed by atoms with Gasteiger partial charge in [0, 0.05) is 36.8 Å². The molecule has 0 saturated carbocycles. The molecule has 1 saturated heterocycles. The molecule has 1 heterocycles. The van der Waals surface area contributed by atoms with Crippen molar-refractivity contribution in [3.63, 3.8) is 0 Å². The van der Waals surface area contributed by atoms with E-state index in [-0.39, 0.29) is 5.91 Å². The van der Waals surface area contributed by atoms with E-state index >= 15 is 0 Å². The van der Waals surface area contributed by atoms with Gasteiger partial charge in [0.05, 0.1) is 18.8 Å². The van der Waals surface area contributed by atoms with Crippen LogP contribution in [0.2, 0.25) is 0 Å². The number of hydrogen-bond acceptors (Lipinski definition) is 5. The molecule has 156 valence electrons. The molecule has 1 fully saturated rings. The molecule has 29 heavy (non-hydrogen) atoms. The van der Waals surface area contributed by atoms with Crippen LogP contribution >= 0.6 is 11.8 Å². The number of nitrogens with one attached hydrogen (secondary N) is 1. The van der Waals surface area contributed by atoms with Gasteiger partial charge in [-0.15, -0.1) is 0 Å². The van der Waals surface area contributed by atoms with Gasteiger partial charge in [0.2, 0.25) is 5.91 Å². The molecule has 0 spiro atoms. The lowest BCUT2D eigenvalue weighted by Crippen LogP contribution is -2.48. The van der Waals surface area contributed by atoms with E-state index in [9.17, 15) is 13.6 Å². The summed E-state index contributed by atoms with van der Waals surface area (Å²) in [6.45, 7) is 6.08. The van der Waals surface area contributed by atoms with Gasteiger partial charge in [-0.05, 0) is 43.3 Å². The number of amides is 1. The summed E-state index contributed by atoms with van der Waals surface area (Å²) in [5.74, 6) is -1.67. The summed E-state index contributed by atoms with van der Waals surface area (Å²) >= 11 is 0.489. The van der Waals surface area contributed by atoms with Gasteiger partial charge in [0.15, 0.2) is 0 Å². The smallest absolute Gasteiger partial charge is 0.288 e. The molecule has 1 aliphatic rings. The monoisotopic (exact) mass is 421 g/mol. The first kappa shape index (κ1) is 21.4. The Bertz CT molecular complexity index is 797. The number of halogens is 2. The fourth-order valence-corrected chi connectivity index (χ4v) is 3.77. The van der Waals surface area contributed by atoms with E-state index in [2.05, 4.69) is 21.2 Å². The minimum atomic E-state index is -2.45. The van der Waals surface area contributed by atoms with Crippen molar-refractivity contribution in [1.29, 1.82) is 0 Å². The van der Waals surface area contributed by atoms with Crippen LogP contribution in [-0.4, -0.2) is 55.9 Å². The number of rotatable bonds is 8. The third kappa shape index (κ3) is 6.33. The van der Waals surface area contributed by atoms with Crippen molar-refractivity contribution in [3.8, 4) is 5.75 Å². The van der Waals surface area contributed by atoms with Crippen molar-refractivity contribution in [3.05, 3.63) is 48.5 Å². The van der Waals surface area contributed by atoms with Crippen molar-refractivity contribution in [2.24, 2.45) is 0 Å². The molecule has 0 bridgehead atoms. The van der Waals surface area contributed by atoms with Gasteiger partial charge in [0.25, 0.3) is 5.76 Å². The molecule has 3 rings (SSSR count). The topological polar surface area (TPSA) is 44.8 Å². The molecule has 1 N–H and O–H groups in total. The van der Waals surface area contributed by atoms with Gasteiger partial charge in [-0.25, -0.2) is 0 Å². The maximum atomic E-state index is 12.4. The highest BCUT2D eigenvalue weighted by molar-refractivity contribution is 7.99.